The summed E-state index contributed by atoms with van der Waals surface area (Å²) in [5.74, 6) is -0.603. The molecule has 0 aliphatic carbocycles. The van der Waals surface area contributed by atoms with Gasteiger partial charge in [0, 0.05) is 13.6 Å². The monoisotopic (exact) mass is 312 g/mol. The molecule has 0 saturated carbocycles. The second-order valence-electron chi connectivity index (χ2n) is 4.18. The number of nitrogens with two attached hydrogens (primary N) is 1. The average molecular weight is 313 g/mol. The van der Waals surface area contributed by atoms with E-state index in [1.54, 1.807) is 13.0 Å². The standard InChI is InChI=1S/C12H15F3N2O2.ClH/c1-8(16)11(18)17(2)7-9-4-3-5-10(6-9)19-12(13,14)15;/h3-6,8H,7,16H2,1-2H3;1H/t8-;/m1./s1. The van der Waals surface area contributed by atoms with E-state index in [4.69, 9.17) is 5.73 Å². The fourth-order valence-corrected chi connectivity index (χ4v) is 1.54. The number of carbonyl (C=O) groups is 1. The molecule has 20 heavy (non-hydrogen) atoms. The van der Waals surface area contributed by atoms with Gasteiger partial charge in [0.15, 0.2) is 0 Å². The van der Waals surface area contributed by atoms with E-state index in [0.29, 0.717) is 5.56 Å². The van der Waals surface area contributed by atoms with Crippen LogP contribution in [-0.4, -0.2) is 30.3 Å². The highest BCUT2D eigenvalue weighted by molar-refractivity contribution is 5.85. The van der Waals surface area contributed by atoms with Crippen molar-refractivity contribution in [1.82, 2.24) is 4.90 Å². The molecule has 2 N–H and O–H groups in total. The van der Waals surface area contributed by atoms with Crippen molar-refractivity contribution in [2.45, 2.75) is 25.9 Å². The molecule has 0 aliphatic heterocycles. The fourth-order valence-electron chi connectivity index (χ4n) is 1.54. The van der Waals surface area contributed by atoms with Gasteiger partial charge >= 0.3 is 6.36 Å². The molecule has 1 aromatic carbocycles. The van der Waals surface area contributed by atoms with Crippen molar-refractivity contribution in [1.29, 1.82) is 0 Å². The number of ether oxygens (including phenoxy) is 1. The van der Waals surface area contributed by atoms with Crippen molar-refractivity contribution in [3.63, 3.8) is 0 Å². The maximum Gasteiger partial charge on any atom is 0.573 e. The van der Waals surface area contributed by atoms with Crippen molar-refractivity contribution in [2.75, 3.05) is 7.05 Å². The molecule has 0 heterocycles. The summed E-state index contributed by atoms with van der Waals surface area (Å²) in [5.41, 5.74) is 5.97. The predicted molar refractivity (Wildman–Crippen MR) is 70.5 cm³/mol. The second kappa shape index (κ2) is 7.35. The minimum atomic E-state index is -4.73. The van der Waals surface area contributed by atoms with Crippen LogP contribution < -0.4 is 10.5 Å². The molecule has 0 aromatic heterocycles. The minimum Gasteiger partial charge on any atom is -0.406 e. The number of halogens is 4. The predicted octanol–water partition coefficient (Wildman–Crippen LogP) is 2.31. The zero-order valence-electron chi connectivity index (χ0n) is 11.0. The Hall–Kier alpha value is -1.47. The third kappa shape index (κ3) is 6.12. The number of benzene rings is 1. The SMILES string of the molecule is C[C@@H](N)C(=O)N(C)Cc1cccc(OC(F)(F)F)c1.Cl. The van der Waals surface area contributed by atoms with Crippen molar-refractivity contribution >= 4 is 18.3 Å². The molecule has 0 saturated heterocycles. The first-order chi connectivity index (χ1) is 8.69. The van der Waals surface area contributed by atoms with Gasteiger partial charge < -0.3 is 15.4 Å². The van der Waals surface area contributed by atoms with Crippen molar-refractivity contribution in [3.05, 3.63) is 29.8 Å². The van der Waals surface area contributed by atoms with Crippen LogP contribution in [0.5, 0.6) is 5.75 Å². The van der Waals surface area contributed by atoms with Gasteiger partial charge in [-0.05, 0) is 24.6 Å². The molecule has 0 aliphatic rings. The summed E-state index contributed by atoms with van der Waals surface area (Å²) < 4.78 is 40.0. The Labute approximate surface area is 121 Å². The van der Waals surface area contributed by atoms with Crippen molar-refractivity contribution in [2.24, 2.45) is 5.73 Å². The number of rotatable bonds is 4. The van der Waals surface area contributed by atoms with Gasteiger partial charge in [-0.25, -0.2) is 0 Å². The van der Waals surface area contributed by atoms with E-state index in [-0.39, 0.29) is 30.6 Å². The van der Waals surface area contributed by atoms with Crippen molar-refractivity contribution in [3.8, 4) is 5.75 Å². The highest BCUT2D eigenvalue weighted by Crippen LogP contribution is 2.23. The van der Waals surface area contributed by atoms with Gasteiger partial charge in [0.2, 0.25) is 5.91 Å². The largest absolute Gasteiger partial charge is 0.573 e. The summed E-state index contributed by atoms with van der Waals surface area (Å²) in [6.07, 6.45) is -4.73. The molecule has 0 bridgehead atoms. The smallest absolute Gasteiger partial charge is 0.406 e. The molecular weight excluding hydrogens is 297 g/mol. The van der Waals surface area contributed by atoms with E-state index >= 15 is 0 Å². The number of nitrogens with zero attached hydrogens (tertiary/aromatic N) is 1. The Kier molecular flexibility index (Phi) is 6.81. The lowest BCUT2D eigenvalue weighted by atomic mass is 10.2. The quantitative estimate of drug-likeness (QED) is 0.928. The Balaban J connectivity index is 0.00000361. The van der Waals surface area contributed by atoms with E-state index in [2.05, 4.69) is 4.74 Å². The lowest BCUT2D eigenvalue weighted by Gasteiger charge is -2.19. The molecule has 1 amide bonds. The zero-order chi connectivity index (χ0) is 14.6. The maximum absolute atomic E-state index is 12.1. The average Bonchev–Trinajstić information content (AvgIpc) is 2.25. The summed E-state index contributed by atoms with van der Waals surface area (Å²) in [6, 6.07) is 4.82. The fraction of sp³-hybridized carbons (Fsp3) is 0.417. The molecule has 0 spiro atoms. The molecule has 0 unspecified atom stereocenters. The number of hydrogen-bond acceptors (Lipinski definition) is 3. The van der Waals surface area contributed by atoms with Crippen molar-refractivity contribution < 1.29 is 22.7 Å². The summed E-state index contributed by atoms with van der Waals surface area (Å²) in [6.45, 7) is 1.71. The Morgan fingerprint density at radius 3 is 2.55 bits per heavy atom. The van der Waals surface area contributed by atoms with E-state index < -0.39 is 12.4 Å². The van der Waals surface area contributed by atoms with Crippen LogP contribution >= 0.6 is 12.4 Å². The van der Waals surface area contributed by atoms with Crippen LogP contribution in [0, 0.1) is 0 Å². The highest BCUT2D eigenvalue weighted by atomic mass is 35.5. The normalized spacial score (nSPS) is 12.3. The van der Waals surface area contributed by atoms with Crippen LogP contribution in [0.1, 0.15) is 12.5 Å². The highest BCUT2D eigenvalue weighted by Gasteiger charge is 2.31. The first-order valence-electron chi connectivity index (χ1n) is 5.54. The van der Waals surface area contributed by atoms with E-state index in [0.717, 1.165) is 0 Å². The van der Waals surface area contributed by atoms with Gasteiger partial charge in [0.25, 0.3) is 0 Å². The summed E-state index contributed by atoms with van der Waals surface area (Å²) in [4.78, 5) is 12.9. The first kappa shape index (κ1) is 18.5. The van der Waals surface area contributed by atoms with Gasteiger partial charge in [0.05, 0.1) is 6.04 Å². The summed E-state index contributed by atoms with van der Waals surface area (Å²) in [5, 5.41) is 0. The van der Waals surface area contributed by atoms with Gasteiger partial charge in [0.1, 0.15) is 5.75 Å². The third-order valence-corrected chi connectivity index (χ3v) is 2.32. The van der Waals surface area contributed by atoms with E-state index in [9.17, 15) is 18.0 Å². The first-order valence-corrected chi connectivity index (χ1v) is 5.54. The van der Waals surface area contributed by atoms with Crippen LogP contribution in [0.15, 0.2) is 24.3 Å². The zero-order valence-corrected chi connectivity index (χ0v) is 11.8. The molecule has 1 atom stereocenters. The van der Waals surface area contributed by atoms with E-state index in [1.807, 2.05) is 0 Å². The van der Waals surface area contributed by atoms with Crippen LogP contribution in [0.3, 0.4) is 0 Å². The van der Waals surface area contributed by atoms with Crippen LogP contribution in [0.2, 0.25) is 0 Å². The van der Waals surface area contributed by atoms with Crippen LogP contribution in [0.25, 0.3) is 0 Å². The summed E-state index contributed by atoms with van der Waals surface area (Å²) in [7, 11) is 1.53. The lowest BCUT2D eigenvalue weighted by Crippen LogP contribution is -2.39. The molecule has 0 fully saturated rings. The summed E-state index contributed by atoms with van der Waals surface area (Å²) >= 11 is 0. The third-order valence-electron chi connectivity index (χ3n) is 2.32. The van der Waals surface area contributed by atoms with E-state index in [1.165, 1.54) is 30.1 Å². The molecule has 1 aromatic rings. The number of amides is 1. The van der Waals surface area contributed by atoms with Gasteiger partial charge in [-0.3, -0.25) is 4.79 Å². The molecule has 114 valence electrons. The molecule has 8 heteroatoms. The molecular formula is C12H16ClF3N2O2. The van der Waals surface area contributed by atoms with Crippen LogP contribution in [0.4, 0.5) is 13.2 Å². The molecule has 1 rings (SSSR count). The number of likely N-dealkylation sites (N-methyl/N-ethyl adjacent to an activating group) is 1. The minimum absolute atomic E-state index is 0. The van der Waals surface area contributed by atoms with Gasteiger partial charge in [-0.2, -0.15) is 0 Å². The Morgan fingerprint density at radius 1 is 1.45 bits per heavy atom. The number of hydrogen-bond donors (Lipinski definition) is 1. The van der Waals surface area contributed by atoms with Gasteiger partial charge in [-0.15, -0.1) is 25.6 Å². The Morgan fingerprint density at radius 2 is 2.05 bits per heavy atom. The maximum atomic E-state index is 12.1. The molecule has 4 nitrogen and oxygen atoms in total. The van der Waals surface area contributed by atoms with Crippen LogP contribution in [-0.2, 0) is 11.3 Å². The number of alkyl halides is 3. The van der Waals surface area contributed by atoms with Gasteiger partial charge in [-0.1, -0.05) is 12.1 Å². The molecule has 0 radical (unpaired) electrons. The lowest BCUT2D eigenvalue weighted by molar-refractivity contribution is -0.274. The number of carbonyl (C=O) groups excluding carboxylic acids is 1. The second-order valence-corrected chi connectivity index (χ2v) is 4.18. The Bertz CT molecular complexity index is 453. The topological polar surface area (TPSA) is 55.6 Å².